The maximum Gasteiger partial charge on any atom is 0.155 e. The normalized spacial score (nSPS) is 28.7. The Morgan fingerprint density at radius 2 is 2.40 bits per heavy atom. The van der Waals surface area contributed by atoms with Gasteiger partial charge in [0.15, 0.2) is 5.50 Å². The van der Waals surface area contributed by atoms with E-state index in [0.717, 1.165) is 0 Å². The van der Waals surface area contributed by atoms with E-state index in [0.29, 0.717) is 11.4 Å². The molecule has 4 N–H and O–H groups in total. The quantitative estimate of drug-likeness (QED) is 0.378. The molecule has 0 radical (unpaired) electrons. The van der Waals surface area contributed by atoms with Crippen molar-refractivity contribution < 1.29 is 0 Å². The number of halogens is 1. The SMILES string of the molecule is NC=C1C(N)=NC=NC1Cl. The molecule has 0 aromatic rings. The van der Waals surface area contributed by atoms with E-state index in [1.807, 2.05) is 0 Å². The lowest BCUT2D eigenvalue weighted by molar-refractivity contribution is 1.07. The Morgan fingerprint density at radius 1 is 1.70 bits per heavy atom. The summed E-state index contributed by atoms with van der Waals surface area (Å²) in [5.41, 5.74) is 10.7. The van der Waals surface area contributed by atoms with E-state index >= 15 is 0 Å². The lowest BCUT2D eigenvalue weighted by Gasteiger charge is -2.10. The average molecular weight is 159 g/mol. The standard InChI is InChI=1S/C5H7ClN4/c6-4-3(1-7)5(8)10-2-9-4/h1-2,4H,7H2,(H2,8,9,10). The van der Waals surface area contributed by atoms with E-state index in [-0.39, 0.29) is 0 Å². The molecule has 0 saturated heterocycles. The molecule has 1 aliphatic rings. The fourth-order valence-corrected chi connectivity index (χ4v) is 0.831. The fourth-order valence-electron chi connectivity index (χ4n) is 0.596. The Kier molecular flexibility index (Phi) is 1.91. The van der Waals surface area contributed by atoms with Crippen molar-refractivity contribution in [3.05, 3.63) is 11.8 Å². The summed E-state index contributed by atoms with van der Waals surface area (Å²) in [4.78, 5) is 7.46. The molecule has 54 valence electrons. The van der Waals surface area contributed by atoms with Crippen LogP contribution in [0.2, 0.25) is 0 Å². The van der Waals surface area contributed by atoms with Crippen molar-refractivity contribution in [2.24, 2.45) is 21.5 Å². The van der Waals surface area contributed by atoms with Crippen LogP contribution < -0.4 is 11.5 Å². The Bertz CT molecular complexity index is 218. The van der Waals surface area contributed by atoms with Crippen LogP contribution in [-0.2, 0) is 0 Å². The monoisotopic (exact) mass is 158 g/mol. The van der Waals surface area contributed by atoms with Crippen LogP contribution >= 0.6 is 11.6 Å². The molecule has 0 aromatic heterocycles. The highest BCUT2D eigenvalue weighted by Gasteiger charge is 2.14. The van der Waals surface area contributed by atoms with Gasteiger partial charge in [0.1, 0.15) is 12.2 Å². The highest BCUT2D eigenvalue weighted by molar-refractivity contribution is 6.27. The van der Waals surface area contributed by atoms with Gasteiger partial charge in [-0.05, 0) is 0 Å². The van der Waals surface area contributed by atoms with Crippen molar-refractivity contribution in [1.29, 1.82) is 0 Å². The molecule has 0 spiro atoms. The molecule has 10 heavy (non-hydrogen) atoms. The van der Waals surface area contributed by atoms with Gasteiger partial charge in [0.25, 0.3) is 0 Å². The summed E-state index contributed by atoms with van der Waals surface area (Å²) in [5.74, 6) is 0.331. The molecule has 0 fully saturated rings. The van der Waals surface area contributed by atoms with Gasteiger partial charge in [0.2, 0.25) is 0 Å². The Hall–Kier alpha value is -1.03. The third kappa shape index (κ3) is 1.11. The Morgan fingerprint density at radius 3 is 2.80 bits per heavy atom. The molecule has 1 unspecified atom stereocenters. The van der Waals surface area contributed by atoms with Crippen molar-refractivity contribution in [2.45, 2.75) is 5.50 Å². The third-order valence-corrected chi connectivity index (χ3v) is 1.47. The van der Waals surface area contributed by atoms with Gasteiger partial charge in [0, 0.05) is 11.8 Å². The van der Waals surface area contributed by atoms with Gasteiger partial charge in [-0.1, -0.05) is 11.6 Å². The summed E-state index contributed by atoms with van der Waals surface area (Å²) in [6.45, 7) is 0. The maximum atomic E-state index is 5.67. The minimum absolute atomic E-state index is 0.331. The molecule has 4 nitrogen and oxygen atoms in total. The number of aliphatic imine (C=N–C) groups is 2. The molecule has 1 aliphatic heterocycles. The number of nitrogens with zero attached hydrogens (tertiary/aromatic N) is 2. The summed E-state index contributed by atoms with van der Waals surface area (Å²) < 4.78 is 0. The summed E-state index contributed by atoms with van der Waals surface area (Å²) in [7, 11) is 0. The maximum absolute atomic E-state index is 5.67. The molecule has 0 amide bonds. The zero-order chi connectivity index (χ0) is 7.56. The highest BCUT2D eigenvalue weighted by Crippen LogP contribution is 2.12. The van der Waals surface area contributed by atoms with Crippen LogP contribution in [0.15, 0.2) is 21.8 Å². The van der Waals surface area contributed by atoms with Crippen LogP contribution in [0, 0.1) is 0 Å². The second-order valence-corrected chi connectivity index (χ2v) is 2.15. The van der Waals surface area contributed by atoms with Crippen molar-refractivity contribution >= 4 is 23.8 Å². The highest BCUT2D eigenvalue weighted by atomic mass is 35.5. The minimum atomic E-state index is -0.484. The van der Waals surface area contributed by atoms with Crippen LogP contribution in [0.1, 0.15) is 0 Å². The van der Waals surface area contributed by atoms with Gasteiger partial charge in [-0.3, -0.25) is 0 Å². The Labute approximate surface area is 63.3 Å². The first-order valence-corrected chi connectivity index (χ1v) is 3.10. The molecule has 5 heteroatoms. The van der Waals surface area contributed by atoms with Gasteiger partial charge < -0.3 is 11.5 Å². The Balaban J connectivity index is 2.93. The van der Waals surface area contributed by atoms with E-state index in [9.17, 15) is 0 Å². The predicted molar refractivity (Wildman–Crippen MR) is 42.0 cm³/mol. The van der Waals surface area contributed by atoms with Crippen molar-refractivity contribution in [3.63, 3.8) is 0 Å². The molecule has 1 atom stereocenters. The van der Waals surface area contributed by atoms with Crippen LogP contribution in [0.5, 0.6) is 0 Å². The van der Waals surface area contributed by atoms with Crippen molar-refractivity contribution in [2.75, 3.05) is 0 Å². The average Bonchev–Trinajstić information content (AvgIpc) is 1.88. The van der Waals surface area contributed by atoms with Crippen LogP contribution in [0.3, 0.4) is 0 Å². The van der Waals surface area contributed by atoms with Crippen LogP contribution in [-0.4, -0.2) is 17.7 Å². The minimum Gasteiger partial charge on any atom is -0.404 e. The molecule has 1 rings (SSSR count). The second kappa shape index (κ2) is 2.70. The lowest BCUT2D eigenvalue weighted by Crippen LogP contribution is -2.24. The molecule has 0 aromatic carbocycles. The van der Waals surface area contributed by atoms with Gasteiger partial charge in [-0.15, -0.1) is 0 Å². The van der Waals surface area contributed by atoms with E-state index < -0.39 is 5.50 Å². The van der Waals surface area contributed by atoms with Gasteiger partial charge >= 0.3 is 0 Å². The predicted octanol–water partition coefficient (Wildman–Crippen LogP) is -0.207. The van der Waals surface area contributed by atoms with E-state index in [2.05, 4.69) is 9.98 Å². The van der Waals surface area contributed by atoms with Crippen LogP contribution in [0.25, 0.3) is 0 Å². The number of nitrogens with two attached hydrogens (primary N) is 2. The summed E-state index contributed by atoms with van der Waals surface area (Å²) >= 11 is 5.67. The topological polar surface area (TPSA) is 76.8 Å². The molecule has 0 saturated carbocycles. The number of hydrogen-bond acceptors (Lipinski definition) is 4. The van der Waals surface area contributed by atoms with Gasteiger partial charge in [-0.25, -0.2) is 9.98 Å². The fraction of sp³-hybridized carbons (Fsp3) is 0.200. The van der Waals surface area contributed by atoms with Gasteiger partial charge in [0.05, 0.1) is 0 Å². The molecule has 1 heterocycles. The first-order valence-electron chi connectivity index (χ1n) is 2.67. The number of alkyl halides is 1. The third-order valence-electron chi connectivity index (χ3n) is 1.13. The zero-order valence-corrected chi connectivity index (χ0v) is 5.92. The largest absolute Gasteiger partial charge is 0.404 e. The molecular weight excluding hydrogens is 152 g/mol. The molecule has 0 bridgehead atoms. The number of rotatable bonds is 0. The lowest BCUT2D eigenvalue weighted by atomic mass is 10.2. The number of amidine groups is 1. The summed E-state index contributed by atoms with van der Waals surface area (Å²) in [5, 5.41) is 0. The summed E-state index contributed by atoms with van der Waals surface area (Å²) in [6.07, 6.45) is 2.63. The van der Waals surface area contributed by atoms with Crippen molar-refractivity contribution in [1.82, 2.24) is 0 Å². The smallest absolute Gasteiger partial charge is 0.155 e. The second-order valence-electron chi connectivity index (χ2n) is 1.74. The zero-order valence-electron chi connectivity index (χ0n) is 5.16. The van der Waals surface area contributed by atoms with E-state index in [4.69, 9.17) is 23.1 Å². The van der Waals surface area contributed by atoms with Crippen molar-refractivity contribution in [3.8, 4) is 0 Å². The molecular formula is C5H7ClN4. The first kappa shape index (κ1) is 7.08. The number of hydrogen-bond donors (Lipinski definition) is 2. The van der Waals surface area contributed by atoms with E-state index in [1.165, 1.54) is 12.5 Å². The van der Waals surface area contributed by atoms with Crippen LogP contribution in [0.4, 0.5) is 0 Å². The first-order chi connectivity index (χ1) is 4.75. The van der Waals surface area contributed by atoms with Gasteiger partial charge in [-0.2, -0.15) is 0 Å². The molecule has 0 aliphatic carbocycles. The summed E-state index contributed by atoms with van der Waals surface area (Å²) in [6, 6.07) is 0. The van der Waals surface area contributed by atoms with E-state index in [1.54, 1.807) is 0 Å².